The second kappa shape index (κ2) is 4.58. The lowest BCUT2D eigenvalue weighted by Crippen LogP contribution is -2.13. The number of nitrogens with zero attached hydrogens (tertiary/aromatic N) is 1. The molecule has 0 saturated carbocycles. The molecule has 0 fully saturated rings. The Balaban J connectivity index is 1.79. The van der Waals surface area contributed by atoms with Crippen molar-refractivity contribution >= 4 is 11.6 Å². The maximum absolute atomic E-state index is 11.9. The fourth-order valence-corrected chi connectivity index (χ4v) is 2.06. The summed E-state index contributed by atoms with van der Waals surface area (Å²) in [6.07, 6.45) is 1.61. The van der Waals surface area contributed by atoms with Gasteiger partial charge in [0.25, 0.3) is 5.91 Å². The number of carbonyl (C=O) groups is 1. The Hall–Kier alpha value is -2.20. The topological polar surface area (TPSA) is 54.0 Å². The molecule has 0 radical (unpaired) electrons. The van der Waals surface area contributed by atoms with Crippen LogP contribution in [0.25, 0.3) is 0 Å². The Morgan fingerprint density at radius 1 is 1.17 bits per heavy atom. The summed E-state index contributed by atoms with van der Waals surface area (Å²) in [6, 6.07) is 11.3. The first kappa shape index (κ1) is 10.9. The monoisotopic (exact) mass is 239 g/mol. The van der Waals surface area contributed by atoms with Crippen LogP contribution in [0, 0.1) is 0 Å². The molecule has 1 aromatic carbocycles. The minimum atomic E-state index is -0.179. The number of pyridine rings is 1. The number of carbonyl (C=O) groups excluding carboxylic acids is 1. The molecule has 0 unspecified atom stereocenters. The van der Waals surface area contributed by atoms with Crippen LogP contribution in [0.5, 0.6) is 0 Å². The Morgan fingerprint density at radius 3 is 2.89 bits per heavy atom. The third kappa shape index (κ3) is 2.10. The maximum atomic E-state index is 11.9. The molecular weight excluding hydrogens is 226 g/mol. The van der Waals surface area contributed by atoms with Gasteiger partial charge < -0.3 is 10.6 Å². The van der Waals surface area contributed by atoms with E-state index in [4.69, 9.17) is 0 Å². The molecule has 0 saturated heterocycles. The fourth-order valence-electron chi connectivity index (χ4n) is 2.06. The zero-order valence-electron chi connectivity index (χ0n) is 9.81. The largest absolute Gasteiger partial charge is 0.321 e. The first-order valence-corrected chi connectivity index (χ1v) is 5.88. The first-order valence-electron chi connectivity index (χ1n) is 5.88. The Kier molecular flexibility index (Phi) is 2.78. The molecule has 0 aliphatic carbocycles. The molecule has 0 spiro atoms. The molecule has 2 aromatic rings. The summed E-state index contributed by atoms with van der Waals surface area (Å²) in [4.78, 5) is 15.9. The van der Waals surface area contributed by atoms with Gasteiger partial charge in [-0.2, -0.15) is 0 Å². The quantitative estimate of drug-likeness (QED) is 0.842. The lowest BCUT2D eigenvalue weighted by Gasteiger charge is -2.06. The van der Waals surface area contributed by atoms with Crippen molar-refractivity contribution < 1.29 is 4.79 Å². The number of rotatable bonds is 2. The van der Waals surface area contributed by atoms with E-state index in [1.54, 1.807) is 24.4 Å². The highest BCUT2D eigenvalue weighted by Gasteiger charge is 2.12. The van der Waals surface area contributed by atoms with Gasteiger partial charge in [0.15, 0.2) is 0 Å². The second-order valence-electron chi connectivity index (χ2n) is 4.26. The van der Waals surface area contributed by atoms with Crippen molar-refractivity contribution in [2.45, 2.75) is 13.1 Å². The van der Waals surface area contributed by atoms with Gasteiger partial charge in [-0.15, -0.1) is 0 Å². The molecule has 1 aliphatic rings. The van der Waals surface area contributed by atoms with Crippen LogP contribution in [0.15, 0.2) is 42.6 Å². The Bertz CT molecular complexity index is 581. The maximum Gasteiger partial charge on any atom is 0.274 e. The van der Waals surface area contributed by atoms with Gasteiger partial charge in [-0.25, -0.2) is 0 Å². The number of anilines is 1. The van der Waals surface area contributed by atoms with Crippen molar-refractivity contribution in [1.29, 1.82) is 0 Å². The van der Waals surface area contributed by atoms with Crippen LogP contribution in [-0.2, 0) is 13.1 Å². The van der Waals surface area contributed by atoms with E-state index in [0.29, 0.717) is 5.69 Å². The van der Waals surface area contributed by atoms with E-state index < -0.39 is 0 Å². The zero-order valence-corrected chi connectivity index (χ0v) is 9.81. The molecule has 1 aromatic heterocycles. The summed E-state index contributed by atoms with van der Waals surface area (Å²) in [5.74, 6) is -0.179. The number of hydrogen-bond donors (Lipinski definition) is 2. The van der Waals surface area contributed by atoms with E-state index in [-0.39, 0.29) is 5.91 Å². The van der Waals surface area contributed by atoms with Crippen LogP contribution < -0.4 is 10.6 Å². The van der Waals surface area contributed by atoms with Crippen molar-refractivity contribution in [3.05, 3.63) is 59.4 Å². The molecule has 2 N–H and O–H groups in total. The van der Waals surface area contributed by atoms with Crippen LogP contribution in [0.3, 0.4) is 0 Å². The van der Waals surface area contributed by atoms with Gasteiger partial charge in [0.05, 0.1) is 0 Å². The number of fused-ring (bicyclic) bond motifs is 1. The number of hydrogen-bond acceptors (Lipinski definition) is 3. The molecule has 2 heterocycles. The normalized spacial score (nSPS) is 13.1. The fraction of sp³-hybridized carbons (Fsp3) is 0.143. The predicted molar refractivity (Wildman–Crippen MR) is 69.2 cm³/mol. The number of amides is 1. The molecule has 3 rings (SSSR count). The van der Waals surface area contributed by atoms with Gasteiger partial charge in [0.2, 0.25) is 0 Å². The van der Waals surface area contributed by atoms with Gasteiger partial charge in [0.1, 0.15) is 5.69 Å². The van der Waals surface area contributed by atoms with Gasteiger partial charge in [-0.3, -0.25) is 9.78 Å². The molecular formula is C14H13N3O. The predicted octanol–water partition coefficient (Wildman–Crippen LogP) is 1.94. The SMILES string of the molecule is O=C(Nc1ccc2c(c1)CNC2)c1ccccn1. The third-order valence-corrected chi connectivity index (χ3v) is 2.99. The molecule has 0 atom stereocenters. The summed E-state index contributed by atoms with van der Waals surface area (Å²) < 4.78 is 0. The van der Waals surface area contributed by atoms with Crippen molar-refractivity contribution in [2.75, 3.05) is 5.32 Å². The highest BCUT2D eigenvalue weighted by atomic mass is 16.1. The van der Waals surface area contributed by atoms with Crippen molar-refractivity contribution in [3.63, 3.8) is 0 Å². The van der Waals surface area contributed by atoms with Crippen molar-refractivity contribution in [3.8, 4) is 0 Å². The Labute approximate surface area is 105 Å². The van der Waals surface area contributed by atoms with Crippen LogP contribution in [0.4, 0.5) is 5.69 Å². The molecule has 0 bridgehead atoms. The highest BCUT2D eigenvalue weighted by Crippen LogP contribution is 2.20. The van der Waals surface area contributed by atoms with E-state index in [9.17, 15) is 4.79 Å². The van der Waals surface area contributed by atoms with Gasteiger partial charge in [0, 0.05) is 25.0 Å². The number of nitrogens with one attached hydrogen (secondary N) is 2. The van der Waals surface area contributed by atoms with E-state index in [0.717, 1.165) is 18.8 Å². The lowest BCUT2D eigenvalue weighted by atomic mass is 10.1. The minimum absolute atomic E-state index is 0.179. The van der Waals surface area contributed by atoms with Crippen LogP contribution in [0.1, 0.15) is 21.6 Å². The van der Waals surface area contributed by atoms with Crippen LogP contribution >= 0.6 is 0 Å². The average Bonchev–Trinajstić information content (AvgIpc) is 2.87. The number of aromatic nitrogens is 1. The second-order valence-corrected chi connectivity index (χ2v) is 4.26. The summed E-state index contributed by atoms with van der Waals surface area (Å²) in [5.41, 5.74) is 3.78. The van der Waals surface area contributed by atoms with Crippen LogP contribution in [0.2, 0.25) is 0 Å². The zero-order chi connectivity index (χ0) is 12.4. The minimum Gasteiger partial charge on any atom is -0.321 e. The van der Waals surface area contributed by atoms with Crippen LogP contribution in [-0.4, -0.2) is 10.9 Å². The third-order valence-electron chi connectivity index (χ3n) is 2.99. The smallest absolute Gasteiger partial charge is 0.274 e. The summed E-state index contributed by atoms with van der Waals surface area (Å²) >= 11 is 0. The van der Waals surface area contributed by atoms with E-state index in [1.165, 1.54) is 11.1 Å². The molecule has 90 valence electrons. The molecule has 4 nitrogen and oxygen atoms in total. The van der Waals surface area contributed by atoms with Crippen molar-refractivity contribution in [2.24, 2.45) is 0 Å². The summed E-state index contributed by atoms with van der Waals surface area (Å²) in [7, 11) is 0. The van der Waals surface area contributed by atoms with E-state index >= 15 is 0 Å². The van der Waals surface area contributed by atoms with E-state index in [1.807, 2.05) is 18.2 Å². The standard InChI is InChI=1S/C14H13N3O/c18-14(13-3-1-2-6-16-13)17-12-5-4-10-8-15-9-11(10)7-12/h1-7,15H,8-9H2,(H,17,18). The first-order chi connectivity index (χ1) is 8.83. The Morgan fingerprint density at radius 2 is 2.06 bits per heavy atom. The molecule has 4 heteroatoms. The molecule has 1 aliphatic heterocycles. The summed E-state index contributed by atoms with van der Waals surface area (Å²) in [5, 5.41) is 6.13. The van der Waals surface area contributed by atoms with Crippen molar-refractivity contribution in [1.82, 2.24) is 10.3 Å². The van der Waals surface area contributed by atoms with Gasteiger partial charge >= 0.3 is 0 Å². The van der Waals surface area contributed by atoms with Gasteiger partial charge in [-0.05, 0) is 35.4 Å². The van der Waals surface area contributed by atoms with Gasteiger partial charge in [-0.1, -0.05) is 12.1 Å². The average molecular weight is 239 g/mol. The lowest BCUT2D eigenvalue weighted by molar-refractivity contribution is 0.102. The van der Waals surface area contributed by atoms with E-state index in [2.05, 4.69) is 15.6 Å². The molecule has 1 amide bonds. The highest BCUT2D eigenvalue weighted by molar-refractivity contribution is 6.02. The number of benzene rings is 1. The molecule has 18 heavy (non-hydrogen) atoms. The summed E-state index contributed by atoms with van der Waals surface area (Å²) in [6.45, 7) is 1.77.